The minimum absolute atomic E-state index is 0.289. The van der Waals surface area contributed by atoms with Gasteiger partial charge in [-0.3, -0.25) is 0 Å². The van der Waals surface area contributed by atoms with Gasteiger partial charge in [-0.2, -0.15) is 0 Å². The fourth-order valence-electron chi connectivity index (χ4n) is 2.55. The highest BCUT2D eigenvalue weighted by molar-refractivity contribution is 5.75. The molecular formula is C20H34O6. The van der Waals surface area contributed by atoms with Crippen molar-refractivity contribution in [1.29, 1.82) is 0 Å². The topological polar surface area (TPSA) is 107 Å². The Hall–Kier alpha value is -1.31. The largest absolute Gasteiger partial charge is 0.394 e. The van der Waals surface area contributed by atoms with Gasteiger partial charge in [0.2, 0.25) is 0 Å². The summed E-state index contributed by atoms with van der Waals surface area (Å²) in [7, 11) is 0. The number of carbonyl (C=O) groups excluding carboxylic acids is 1. The molecule has 0 bridgehead atoms. The molecule has 0 amide bonds. The summed E-state index contributed by atoms with van der Waals surface area (Å²) >= 11 is 0. The molecule has 1 saturated heterocycles. The third kappa shape index (κ3) is 8.38. The molecule has 6 nitrogen and oxygen atoms in total. The lowest BCUT2D eigenvalue weighted by molar-refractivity contribution is -0.228. The van der Waals surface area contributed by atoms with E-state index in [2.05, 4.69) is 0 Å². The Bertz CT molecular complexity index is 476. The second kappa shape index (κ2) is 13.8. The molecule has 5 unspecified atom stereocenters. The Labute approximate surface area is 156 Å². The average molecular weight is 370 g/mol. The lowest BCUT2D eigenvalue weighted by atomic mass is 9.92. The zero-order chi connectivity index (χ0) is 20.1. The van der Waals surface area contributed by atoms with Crippen LogP contribution < -0.4 is 0 Å². The summed E-state index contributed by atoms with van der Waals surface area (Å²) in [5, 5.41) is 38.2. The maximum absolute atomic E-state index is 10.0. The van der Waals surface area contributed by atoms with Crippen LogP contribution in [0.25, 0.3) is 0 Å². The number of Topliss-reactive ketones (excluding diaryl/α,β-unsaturated/α-hetero) is 1. The molecular weight excluding hydrogens is 336 g/mol. The predicted molar refractivity (Wildman–Crippen MR) is 101 cm³/mol. The van der Waals surface area contributed by atoms with Crippen molar-refractivity contribution in [3.05, 3.63) is 35.9 Å². The first kappa shape index (κ1) is 24.7. The van der Waals surface area contributed by atoms with E-state index in [1.54, 1.807) is 6.92 Å². The first-order valence-corrected chi connectivity index (χ1v) is 9.24. The molecule has 0 saturated carbocycles. The minimum Gasteiger partial charge on any atom is -0.394 e. The molecule has 0 aliphatic carbocycles. The van der Waals surface area contributed by atoms with Gasteiger partial charge in [-0.15, -0.1) is 0 Å². The summed E-state index contributed by atoms with van der Waals surface area (Å²) in [6.07, 6.45) is -3.10. The highest BCUT2D eigenvalue weighted by Crippen LogP contribution is 2.23. The molecule has 0 spiro atoms. The highest BCUT2D eigenvalue weighted by Gasteiger charge is 2.43. The van der Waals surface area contributed by atoms with Crippen LogP contribution in [0.2, 0.25) is 0 Å². The van der Waals surface area contributed by atoms with Crippen molar-refractivity contribution in [3.63, 3.8) is 0 Å². The molecule has 5 atom stereocenters. The molecule has 4 N–H and O–H groups in total. The van der Waals surface area contributed by atoms with Crippen LogP contribution in [0.1, 0.15) is 46.1 Å². The monoisotopic (exact) mass is 370 g/mol. The first-order chi connectivity index (χ1) is 12.4. The minimum atomic E-state index is -1.30. The Morgan fingerprint density at radius 2 is 1.54 bits per heavy atom. The van der Waals surface area contributed by atoms with E-state index >= 15 is 0 Å². The molecule has 0 aromatic heterocycles. The second-order valence-corrected chi connectivity index (χ2v) is 6.01. The van der Waals surface area contributed by atoms with Crippen LogP contribution in [-0.4, -0.2) is 63.3 Å². The smallest absolute Gasteiger partial charge is 0.129 e. The quantitative estimate of drug-likeness (QED) is 0.625. The van der Waals surface area contributed by atoms with E-state index < -0.39 is 37.1 Å². The fraction of sp³-hybridized carbons (Fsp3) is 0.650. The lowest BCUT2D eigenvalue weighted by Gasteiger charge is -2.40. The van der Waals surface area contributed by atoms with Gasteiger partial charge >= 0.3 is 0 Å². The maximum atomic E-state index is 10.0. The molecule has 6 heteroatoms. The lowest BCUT2D eigenvalue weighted by Crippen LogP contribution is -2.58. The molecule has 0 radical (unpaired) electrons. The number of benzene rings is 1. The molecule has 1 heterocycles. The number of rotatable bonds is 5. The summed E-state index contributed by atoms with van der Waals surface area (Å²) in [6, 6.07) is 9.42. The third-order valence-electron chi connectivity index (χ3n) is 3.87. The Balaban J connectivity index is 0.000000667. The number of hydrogen-bond acceptors (Lipinski definition) is 6. The summed E-state index contributed by atoms with van der Waals surface area (Å²) in [4.78, 5) is 10.0. The van der Waals surface area contributed by atoms with Crippen molar-refractivity contribution in [2.45, 2.75) is 77.5 Å². The number of aliphatic hydroxyl groups is 4. The van der Waals surface area contributed by atoms with Crippen molar-refractivity contribution >= 4 is 5.78 Å². The van der Waals surface area contributed by atoms with Crippen LogP contribution in [0.3, 0.4) is 0 Å². The van der Waals surface area contributed by atoms with Crippen LogP contribution in [-0.2, 0) is 16.0 Å². The Morgan fingerprint density at radius 1 is 1.00 bits per heavy atom. The van der Waals surface area contributed by atoms with E-state index in [1.807, 2.05) is 51.1 Å². The zero-order valence-corrected chi connectivity index (χ0v) is 16.2. The fourth-order valence-corrected chi connectivity index (χ4v) is 2.55. The van der Waals surface area contributed by atoms with Crippen LogP contribution in [0, 0.1) is 0 Å². The Morgan fingerprint density at radius 3 is 1.96 bits per heavy atom. The first-order valence-electron chi connectivity index (χ1n) is 9.24. The van der Waals surface area contributed by atoms with Gasteiger partial charge in [0.15, 0.2) is 0 Å². The van der Waals surface area contributed by atoms with Crippen molar-refractivity contribution in [1.82, 2.24) is 0 Å². The van der Waals surface area contributed by atoms with Crippen LogP contribution in [0.15, 0.2) is 30.3 Å². The van der Waals surface area contributed by atoms with E-state index in [9.17, 15) is 20.1 Å². The van der Waals surface area contributed by atoms with Gasteiger partial charge in [-0.05, 0) is 18.9 Å². The average Bonchev–Trinajstić information content (AvgIpc) is 2.65. The van der Waals surface area contributed by atoms with Gasteiger partial charge in [-0.1, -0.05) is 51.1 Å². The van der Waals surface area contributed by atoms with Gasteiger partial charge in [0.05, 0.1) is 12.7 Å². The SMILES string of the molecule is CC.CCCC(C)=O.OCC1OC(Cc2ccccc2)C(O)C(O)C1O. The van der Waals surface area contributed by atoms with Gasteiger partial charge in [0.25, 0.3) is 0 Å². The summed E-state index contributed by atoms with van der Waals surface area (Å²) < 4.78 is 5.42. The molecule has 150 valence electrons. The van der Waals surface area contributed by atoms with Crippen LogP contribution in [0.4, 0.5) is 0 Å². The second-order valence-electron chi connectivity index (χ2n) is 6.01. The molecule has 26 heavy (non-hydrogen) atoms. The van der Waals surface area contributed by atoms with E-state index in [4.69, 9.17) is 9.84 Å². The van der Waals surface area contributed by atoms with Crippen molar-refractivity contribution in [3.8, 4) is 0 Å². The number of hydrogen-bond donors (Lipinski definition) is 4. The van der Waals surface area contributed by atoms with E-state index in [0.717, 1.165) is 18.4 Å². The van der Waals surface area contributed by atoms with E-state index in [-0.39, 0.29) is 5.78 Å². The standard InChI is InChI=1S/C13H18O5.C5H10O.C2H6/c14-7-10-12(16)13(17)11(15)9(18-10)6-8-4-2-1-3-5-8;1-3-4-5(2)6;1-2/h1-5,9-17H,6-7H2;3-4H2,1-2H3;1-2H3. The number of ether oxygens (including phenoxy) is 1. The molecule has 1 fully saturated rings. The normalized spacial score (nSPS) is 27.5. The van der Waals surface area contributed by atoms with Gasteiger partial charge in [-0.25, -0.2) is 0 Å². The molecule has 1 aromatic rings. The summed E-state index contributed by atoms with van der Waals surface area (Å²) in [6.45, 7) is 7.22. The molecule has 1 aliphatic heterocycles. The maximum Gasteiger partial charge on any atom is 0.129 e. The van der Waals surface area contributed by atoms with Gasteiger partial charge in [0.1, 0.15) is 30.2 Å². The summed E-state index contributed by atoms with van der Waals surface area (Å²) in [5.74, 6) is 0.289. The third-order valence-corrected chi connectivity index (χ3v) is 3.87. The van der Waals surface area contributed by atoms with Crippen molar-refractivity contribution < 1.29 is 30.0 Å². The number of carbonyl (C=O) groups is 1. The van der Waals surface area contributed by atoms with Gasteiger partial charge < -0.3 is 30.0 Å². The highest BCUT2D eigenvalue weighted by atomic mass is 16.5. The van der Waals surface area contributed by atoms with E-state index in [0.29, 0.717) is 6.42 Å². The van der Waals surface area contributed by atoms with Crippen molar-refractivity contribution in [2.24, 2.45) is 0 Å². The van der Waals surface area contributed by atoms with Crippen molar-refractivity contribution in [2.75, 3.05) is 6.61 Å². The van der Waals surface area contributed by atoms with Crippen LogP contribution in [0.5, 0.6) is 0 Å². The Kier molecular flexibility index (Phi) is 13.1. The number of aliphatic hydroxyl groups excluding tert-OH is 4. The molecule has 2 rings (SSSR count). The number of ketones is 1. The van der Waals surface area contributed by atoms with Crippen LogP contribution >= 0.6 is 0 Å². The van der Waals surface area contributed by atoms with E-state index in [1.165, 1.54) is 0 Å². The summed E-state index contributed by atoms with van der Waals surface area (Å²) in [5.41, 5.74) is 0.960. The predicted octanol–water partition coefficient (Wildman–Crippen LogP) is 1.47. The molecule has 1 aromatic carbocycles. The zero-order valence-electron chi connectivity index (χ0n) is 16.2. The molecule has 1 aliphatic rings. The van der Waals surface area contributed by atoms with Gasteiger partial charge in [0, 0.05) is 12.8 Å².